The van der Waals surface area contributed by atoms with Crippen molar-refractivity contribution in [3.63, 3.8) is 0 Å². The topological polar surface area (TPSA) is 58.6 Å². The van der Waals surface area contributed by atoms with Crippen LogP contribution in [0, 0.1) is 11.7 Å². The van der Waals surface area contributed by atoms with E-state index in [1.165, 1.54) is 18.2 Å². The number of aliphatic hydroxyl groups excluding tert-OH is 1. The van der Waals surface area contributed by atoms with E-state index < -0.39 is 18.0 Å². The average Bonchev–Trinajstić information content (AvgIpc) is 2.37. The van der Waals surface area contributed by atoms with Crippen LogP contribution in [0.4, 0.5) is 4.39 Å². The Morgan fingerprint density at radius 2 is 2.00 bits per heavy atom. The molecule has 0 aliphatic rings. The van der Waals surface area contributed by atoms with E-state index in [9.17, 15) is 14.3 Å². The minimum Gasteiger partial charge on any atom is -0.480 e. The van der Waals surface area contributed by atoms with E-state index >= 15 is 0 Å². The second-order valence-corrected chi connectivity index (χ2v) is 5.59. The molecule has 0 bridgehead atoms. The van der Waals surface area contributed by atoms with Gasteiger partial charge in [-0.2, -0.15) is 0 Å². The third kappa shape index (κ3) is 5.71. The highest BCUT2D eigenvalue weighted by Gasteiger charge is 2.18. The first-order valence-electron chi connectivity index (χ1n) is 7.23. The molecule has 1 unspecified atom stereocenters. The molecule has 0 fully saturated rings. The first kappa shape index (κ1) is 17.4. The summed E-state index contributed by atoms with van der Waals surface area (Å²) in [7, 11) is 0. The molecule has 1 rings (SSSR count). The largest absolute Gasteiger partial charge is 0.480 e. The maximum atomic E-state index is 13.3. The summed E-state index contributed by atoms with van der Waals surface area (Å²) in [6, 6.07) is 3.89. The number of ether oxygens (including phenoxy) is 1. The number of hydrogen-bond donors (Lipinski definition) is 2. The van der Waals surface area contributed by atoms with E-state index in [-0.39, 0.29) is 11.7 Å². The number of hydrogen-bond acceptors (Lipinski definition) is 3. The van der Waals surface area contributed by atoms with Crippen molar-refractivity contribution in [2.24, 2.45) is 5.92 Å². The van der Waals surface area contributed by atoms with Crippen molar-refractivity contribution < 1.29 is 19.0 Å². The molecule has 4 nitrogen and oxygen atoms in total. The van der Waals surface area contributed by atoms with E-state index in [1.54, 1.807) is 13.8 Å². The summed E-state index contributed by atoms with van der Waals surface area (Å²) in [6.07, 6.45) is -0.662. The van der Waals surface area contributed by atoms with Crippen LogP contribution in [-0.4, -0.2) is 23.7 Å². The van der Waals surface area contributed by atoms with E-state index in [0.717, 1.165) is 6.42 Å². The Hall–Kier alpha value is -1.62. The molecule has 0 aliphatic carbocycles. The molecule has 0 aromatic heterocycles. The van der Waals surface area contributed by atoms with E-state index in [0.29, 0.717) is 18.0 Å². The van der Waals surface area contributed by atoms with Crippen molar-refractivity contribution in [3.8, 4) is 5.75 Å². The lowest BCUT2D eigenvalue weighted by Crippen LogP contribution is -2.37. The lowest BCUT2D eigenvalue weighted by Gasteiger charge is -2.18. The maximum Gasteiger partial charge on any atom is 0.260 e. The predicted molar refractivity (Wildman–Crippen MR) is 79.6 cm³/mol. The number of nitrogens with one attached hydrogen (secondary N) is 1. The standard InChI is InChI=1S/C16H24FNO3/c1-10(2)7-8-18-16(20)12(4)21-15-9-13(17)5-6-14(15)11(3)19/h5-6,9-12,19H,7-8H2,1-4H3,(H,18,20)/t11-,12?/m1/s1. The number of halogens is 1. The van der Waals surface area contributed by atoms with Gasteiger partial charge >= 0.3 is 0 Å². The Morgan fingerprint density at radius 1 is 1.33 bits per heavy atom. The highest BCUT2D eigenvalue weighted by Crippen LogP contribution is 2.26. The number of carbonyl (C=O) groups excluding carboxylic acids is 1. The highest BCUT2D eigenvalue weighted by molar-refractivity contribution is 5.80. The van der Waals surface area contributed by atoms with Crippen molar-refractivity contribution in [1.29, 1.82) is 0 Å². The molecule has 2 atom stereocenters. The second-order valence-electron chi connectivity index (χ2n) is 5.59. The molecule has 0 radical (unpaired) electrons. The first-order chi connectivity index (χ1) is 9.81. The molecule has 0 spiro atoms. The Bertz CT molecular complexity index is 475. The summed E-state index contributed by atoms with van der Waals surface area (Å²) in [6.45, 7) is 7.90. The van der Waals surface area contributed by atoms with E-state index in [4.69, 9.17) is 4.74 Å². The van der Waals surface area contributed by atoms with Crippen LogP contribution in [0.3, 0.4) is 0 Å². The van der Waals surface area contributed by atoms with Gasteiger partial charge in [-0.15, -0.1) is 0 Å². The molecule has 5 heteroatoms. The molecular formula is C16H24FNO3. The number of carbonyl (C=O) groups is 1. The Kier molecular flexibility index (Phi) is 6.62. The van der Waals surface area contributed by atoms with Crippen molar-refractivity contribution in [2.75, 3.05) is 6.54 Å². The quantitative estimate of drug-likeness (QED) is 0.813. The van der Waals surface area contributed by atoms with Gasteiger partial charge < -0.3 is 15.2 Å². The van der Waals surface area contributed by atoms with Crippen LogP contribution in [0.25, 0.3) is 0 Å². The predicted octanol–water partition coefficient (Wildman–Crippen LogP) is 2.81. The summed E-state index contributed by atoms with van der Waals surface area (Å²) in [5.74, 6) is -0.0265. The van der Waals surface area contributed by atoms with Gasteiger partial charge in [-0.05, 0) is 38.3 Å². The average molecular weight is 297 g/mol. The van der Waals surface area contributed by atoms with Gasteiger partial charge in [0.25, 0.3) is 5.91 Å². The zero-order valence-corrected chi connectivity index (χ0v) is 13.0. The third-order valence-corrected chi connectivity index (χ3v) is 3.12. The Balaban J connectivity index is 2.67. The number of benzene rings is 1. The monoisotopic (exact) mass is 297 g/mol. The van der Waals surface area contributed by atoms with Gasteiger partial charge in [-0.1, -0.05) is 13.8 Å². The van der Waals surface area contributed by atoms with Crippen molar-refractivity contribution in [1.82, 2.24) is 5.32 Å². The van der Waals surface area contributed by atoms with Crippen LogP contribution in [-0.2, 0) is 4.79 Å². The van der Waals surface area contributed by atoms with Gasteiger partial charge in [-0.25, -0.2) is 4.39 Å². The van der Waals surface area contributed by atoms with Gasteiger partial charge in [0.1, 0.15) is 11.6 Å². The Morgan fingerprint density at radius 3 is 2.57 bits per heavy atom. The molecule has 0 aliphatic heterocycles. The smallest absolute Gasteiger partial charge is 0.260 e. The molecule has 1 aromatic carbocycles. The number of aliphatic hydroxyl groups is 1. The fraction of sp³-hybridized carbons (Fsp3) is 0.562. The summed E-state index contributed by atoms with van der Waals surface area (Å²) < 4.78 is 18.8. The maximum absolute atomic E-state index is 13.3. The van der Waals surface area contributed by atoms with Crippen LogP contribution in [0.5, 0.6) is 5.75 Å². The lowest BCUT2D eigenvalue weighted by molar-refractivity contribution is -0.127. The zero-order chi connectivity index (χ0) is 16.0. The minimum absolute atomic E-state index is 0.191. The second kappa shape index (κ2) is 7.98. The molecule has 2 N–H and O–H groups in total. The summed E-state index contributed by atoms with van der Waals surface area (Å²) in [5, 5.41) is 12.4. The van der Waals surface area contributed by atoms with Crippen molar-refractivity contribution in [3.05, 3.63) is 29.6 Å². The van der Waals surface area contributed by atoms with Gasteiger partial charge in [0.15, 0.2) is 6.10 Å². The first-order valence-corrected chi connectivity index (χ1v) is 7.23. The fourth-order valence-electron chi connectivity index (χ4n) is 1.83. The number of rotatable bonds is 7. The molecule has 1 aromatic rings. The van der Waals surface area contributed by atoms with Crippen LogP contribution < -0.4 is 10.1 Å². The molecular weight excluding hydrogens is 273 g/mol. The van der Waals surface area contributed by atoms with Crippen LogP contribution in [0.1, 0.15) is 45.8 Å². The summed E-state index contributed by atoms with van der Waals surface area (Å²) in [5.41, 5.74) is 0.457. The van der Waals surface area contributed by atoms with Gasteiger partial charge in [0.05, 0.1) is 6.10 Å². The van der Waals surface area contributed by atoms with Gasteiger partial charge in [0, 0.05) is 18.2 Å². The number of amides is 1. The highest BCUT2D eigenvalue weighted by atomic mass is 19.1. The van der Waals surface area contributed by atoms with Gasteiger partial charge in [-0.3, -0.25) is 4.79 Å². The molecule has 21 heavy (non-hydrogen) atoms. The SMILES string of the molecule is CC(C)CCNC(=O)C(C)Oc1cc(F)ccc1[C@@H](C)O. The normalized spacial score (nSPS) is 13.9. The summed E-state index contributed by atoms with van der Waals surface area (Å²) in [4.78, 5) is 11.9. The molecule has 0 saturated carbocycles. The fourth-order valence-corrected chi connectivity index (χ4v) is 1.83. The minimum atomic E-state index is -0.795. The molecule has 118 valence electrons. The van der Waals surface area contributed by atoms with E-state index in [1.807, 2.05) is 0 Å². The summed E-state index contributed by atoms with van der Waals surface area (Å²) >= 11 is 0. The zero-order valence-electron chi connectivity index (χ0n) is 13.0. The third-order valence-electron chi connectivity index (χ3n) is 3.12. The molecule has 0 heterocycles. The lowest BCUT2D eigenvalue weighted by atomic mass is 10.1. The van der Waals surface area contributed by atoms with Crippen LogP contribution >= 0.6 is 0 Å². The van der Waals surface area contributed by atoms with Crippen LogP contribution in [0.15, 0.2) is 18.2 Å². The van der Waals surface area contributed by atoms with E-state index in [2.05, 4.69) is 19.2 Å². The molecule has 0 saturated heterocycles. The van der Waals surface area contributed by atoms with Crippen molar-refractivity contribution in [2.45, 2.75) is 46.3 Å². The van der Waals surface area contributed by atoms with Gasteiger partial charge in [0.2, 0.25) is 0 Å². The van der Waals surface area contributed by atoms with Crippen LogP contribution in [0.2, 0.25) is 0 Å². The Labute approximate surface area is 125 Å². The van der Waals surface area contributed by atoms with Crippen molar-refractivity contribution >= 4 is 5.91 Å². The molecule has 1 amide bonds.